The van der Waals surface area contributed by atoms with E-state index in [-0.39, 0.29) is 12.6 Å². The standard InChI is InChI=1S/C10H12N3O2/c11-8-1-2-9-7(5-8)6-13(3-4-14)10(15)12-9/h1-2,5,11,14H,3-4,6H2,(H,12,15). The van der Waals surface area contributed by atoms with Gasteiger partial charge < -0.3 is 21.1 Å². The Bertz CT molecular complexity index is 392. The summed E-state index contributed by atoms with van der Waals surface area (Å²) < 4.78 is 0. The van der Waals surface area contributed by atoms with Crippen molar-refractivity contribution < 1.29 is 9.90 Å². The first-order chi connectivity index (χ1) is 7.20. The second-order valence-corrected chi connectivity index (χ2v) is 3.45. The maximum absolute atomic E-state index is 11.5. The van der Waals surface area contributed by atoms with Gasteiger partial charge in [-0.05, 0) is 23.8 Å². The number of hydrogen-bond donors (Lipinski definition) is 2. The quantitative estimate of drug-likeness (QED) is 0.755. The number of β-amino-alcohol motifs (C(OH)–C–C–N with tert-alkyl or cyclic N) is 1. The van der Waals surface area contributed by atoms with E-state index in [1.807, 2.05) is 0 Å². The number of nitrogens with zero attached hydrogens (tertiary/aromatic N) is 1. The van der Waals surface area contributed by atoms with Crippen LogP contribution in [0.2, 0.25) is 0 Å². The zero-order valence-electron chi connectivity index (χ0n) is 8.16. The molecule has 0 aromatic heterocycles. The van der Waals surface area contributed by atoms with Gasteiger partial charge in [-0.25, -0.2) is 4.79 Å². The summed E-state index contributed by atoms with van der Waals surface area (Å²) in [5.41, 5.74) is 9.56. The first-order valence-electron chi connectivity index (χ1n) is 4.72. The van der Waals surface area contributed by atoms with Crippen LogP contribution in [-0.4, -0.2) is 29.2 Å². The molecular formula is C10H12N3O2. The van der Waals surface area contributed by atoms with Crippen molar-refractivity contribution in [3.8, 4) is 0 Å². The summed E-state index contributed by atoms with van der Waals surface area (Å²) in [6.07, 6.45) is 0. The molecule has 5 heteroatoms. The Morgan fingerprint density at radius 3 is 3.07 bits per heavy atom. The Hall–Kier alpha value is -1.75. The van der Waals surface area contributed by atoms with Gasteiger partial charge in [-0.15, -0.1) is 0 Å². The normalized spacial score (nSPS) is 14.7. The Morgan fingerprint density at radius 2 is 2.33 bits per heavy atom. The number of nitrogens with one attached hydrogen (secondary N) is 2. The van der Waals surface area contributed by atoms with E-state index in [0.717, 1.165) is 11.3 Å². The van der Waals surface area contributed by atoms with E-state index < -0.39 is 0 Å². The third-order valence-electron chi connectivity index (χ3n) is 2.37. The van der Waals surface area contributed by atoms with E-state index >= 15 is 0 Å². The number of aliphatic hydroxyl groups excluding tert-OH is 1. The van der Waals surface area contributed by atoms with Gasteiger partial charge in [0.25, 0.3) is 0 Å². The number of carbonyl (C=O) groups excluding carboxylic acids is 1. The molecule has 0 spiro atoms. The summed E-state index contributed by atoms with van der Waals surface area (Å²) in [5.74, 6) is 0. The number of benzene rings is 1. The molecule has 15 heavy (non-hydrogen) atoms. The molecule has 1 aliphatic rings. The fraction of sp³-hybridized carbons (Fsp3) is 0.300. The highest BCUT2D eigenvalue weighted by atomic mass is 16.3. The van der Waals surface area contributed by atoms with Crippen molar-refractivity contribution in [3.63, 3.8) is 0 Å². The van der Waals surface area contributed by atoms with Crippen molar-refractivity contribution in [1.82, 2.24) is 10.6 Å². The summed E-state index contributed by atoms with van der Waals surface area (Å²) in [5, 5.41) is 11.5. The van der Waals surface area contributed by atoms with E-state index in [1.54, 1.807) is 18.2 Å². The molecule has 0 saturated carbocycles. The molecule has 0 saturated heterocycles. The smallest absolute Gasteiger partial charge is 0.322 e. The number of anilines is 1. The molecule has 1 aliphatic heterocycles. The van der Waals surface area contributed by atoms with Crippen molar-refractivity contribution in [3.05, 3.63) is 23.8 Å². The lowest BCUT2D eigenvalue weighted by Gasteiger charge is -2.28. The highest BCUT2D eigenvalue weighted by Crippen LogP contribution is 2.25. The number of hydrogen-bond acceptors (Lipinski definition) is 2. The minimum absolute atomic E-state index is 0.0523. The number of aliphatic hydroxyl groups is 1. The Morgan fingerprint density at radius 1 is 1.53 bits per heavy atom. The highest BCUT2D eigenvalue weighted by molar-refractivity contribution is 5.92. The van der Waals surface area contributed by atoms with Crippen LogP contribution in [-0.2, 0) is 6.54 Å². The molecule has 0 fully saturated rings. The van der Waals surface area contributed by atoms with Gasteiger partial charge in [-0.2, -0.15) is 0 Å². The molecule has 0 aliphatic carbocycles. The topological polar surface area (TPSA) is 76.4 Å². The van der Waals surface area contributed by atoms with Crippen molar-refractivity contribution in [2.24, 2.45) is 0 Å². The Labute approximate surface area is 87.5 Å². The average Bonchev–Trinajstić information content (AvgIpc) is 2.20. The lowest BCUT2D eigenvalue weighted by Crippen LogP contribution is -2.40. The van der Waals surface area contributed by atoms with Crippen molar-refractivity contribution in [2.75, 3.05) is 18.5 Å². The highest BCUT2D eigenvalue weighted by Gasteiger charge is 2.21. The molecule has 2 rings (SSSR count). The number of rotatable bonds is 2. The molecule has 0 bridgehead atoms. The van der Waals surface area contributed by atoms with E-state index in [4.69, 9.17) is 10.8 Å². The van der Waals surface area contributed by atoms with Crippen LogP contribution in [0.4, 0.5) is 16.2 Å². The van der Waals surface area contributed by atoms with E-state index in [2.05, 4.69) is 5.32 Å². The maximum atomic E-state index is 11.5. The number of fused-ring (bicyclic) bond motifs is 1. The lowest BCUT2D eigenvalue weighted by molar-refractivity contribution is 0.183. The summed E-state index contributed by atoms with van der Waals surface area (Å²) in [6, 6.07) is 4.89. The van der Waals surface area contributed by atoms with Crippen molar-refractivity contribution >= 4 is 17.4 Å². The molecule has 1 aromatic rings. The van der Waals surface area contributed by atoms with Gasteiger partial charge in [0.15, 0.2) is 0 Å². The van der Waals surface area contributed by atoms with Crippen LogP contribution in [0.3, 0.4) is 0 Å². The fourth-order valence-corrected chi connectivity index (χ4v) is 1.62. The maximum Gasteiger partial charge on any atom is 0.322 e. The summed E-state index contributed by atoms with van der Waals surface area (Å²) in [6.45, 7) is 0.714. The van der Waals surface area contributed by atoms with E-state index in [1.165, 1.54) is 4.90 Å². The van der Waals surface area contributed by atoms with Crippen LogP contribution in [0.5, 0.6) is 0 Å². The average molecular weight is 206 g/mol. The van der Waals surface area contributed by atoms with Crippen molar-refractivity contribution in [2.45, 2.75) is 6.54 Å². The zero-order chi connectivity index (χ0) is 10.8. The predicted octanol–water partition coefficient (Wildman–Crippen LogP) is 0.941. The van der Waals surface area contributed by atoms with Crippen LogP contribution in [0.15, 0.2) is 18.2 Å². The molecular weight excluding hydrogens is 194 g/mol. The van der Waals surface area contributed by atoms with Crippen LogP contribution in [0, 0.1) is 0 Å². The van der Waals surface area contributed by atoms with Gasteiger partial charge in [-0.3, -0.25) is 0 Å². The molecule has 79 valence electrons. The zero-order valence-corrected chi connectivity index (χ0v) is 8.16. The van der Waals surface area contributed by atoms with Crippen LogP contribution >= 0.6 is 0 Å². The van der Waals surface area contributed by atoms with Gasteiger partial charge in [-0.1, -0.05) is 0 Å². The van der Waals surface area contributed by atoms with Crippen molar-refractivity contribution in [1.29, 1.82) is 0 Å². The van der Waals surface area contributed by atoms with E-state index in [0.29, 0.717) is 18.8 Å². The summed E-state index contributed by atoms with van der Waals surface area (Å²) in [4.78, 5) is 13.0. The Kier molecular flexibility index (Phi) is 2.47. The summed E-state index contributed by atoms with van der Waals surface area (Å²) >= 11 is 0. The number of amides is 2. The number of carbonyl (C=O) groups is 1. The largest absolute Gasteiger partial charge is 0.395 e. The first-order valence-corrected chi connectivity index (χ1v) is 4.72. The SMILES string of the molecule is [NH]c1ccc2c(c1)CN(CCO)C(=O)N2. The first kappa shape index (κ1) is 9.79. The monoisotopic (exact) mass is 206 g/mol. The third-order valence-corrected chi connectivity index (χ3v) is 2.37. The van der Waals surface area contributed by atoms with Gasteiger partial charge in [0.1, 0.15) is 0 Å². The third kappa shape index (κ3) is 1.87. The Balaban J connectivity index is 2.26. The fourth-order valence-electron chi connectivity index (χ4n) is 1.62. The van der Waals surface area contributed by atoms with Crippen LogP contribution in [0.25, 0.3) is 0 Å². The minimum atomic E-state index is -0.200. The van der Waals surface area contributed by atoms with Crippen LogP contribution < -0.4 is 11.1 Å². The predicted molar refractivity (Wildman–Crippen MR) is 55.7 cm³/mol. The molecule has 3 N–H and O–H groups in total. The second kappa shape index (κ2) is 3.78. The molecule has 0 atom stereocenters. The molecule has 1 aromatic carbocycles. The number of urea groups is 1. The molecule has 0 unspecified atom stereocenters. The molecule has 1 heterocycles. The van der Waals surface area contributed by atoms with Gasteiger partial charge in [0, 0.05) is 18.8 Å². The van der Waals surface area contributed by atoms with Gasteiger partial charge in [0.05, 0.1) is 12.3 Å². The molecule has 5 nitrogen and oxygen atoms in total. The molecule has 2 amide bonds. The van der Waals surface area contributed by atoms with Crippen LogP contribution in [0.1, 0.15) is 5.56 Å². The molecule has 1 radical (unpaired) electrons. The summed E-state index contributed by atoms with van der Waals surface area (Å²) in [7, 11) is 0. The van der Waals surface area contributed by atoms with Gasteiger partial charge in [0.2, 0.25) is 0 Å². The van der Waals surface area contributed by atoms with Gasteiger partial charge >= 0.3 is 6.03 Å². The second-order valence-electron chi connectivity index (χ2n) is 3.45. The lowest BCUT2D eigenvalue weighted by atomic mass is 10.1. The minimum Gasteiger partial charge on any atom is -0.395 e. The van der Waals surface area contributed by atoms with E-state index in [9.17, 15) is 4.79 Å².